The summed E-state index contributed by atoms with van der Waals surface area (Å²) in [6.07, 6.45) is -0.630. The molecule has 0 aromatic heterocycles. The molecule has 1 aliphatic heterocycles. The van der Waals surface area contributed by atoms with Gasteiger partial charge in [0.25, 0.3) is 0 Å². The molecular formula is C26H33NO6. The number of rotatable bonds is 10. The van der Waals surface area contributed by atoms with Crippen molar-refractivity contribution in [3.63, 3.8) is 0 Å². The Morgan fingerprint density at radius 2 is 1.85 bits per heavy atom. The molecule has 1 aliphatic rings. The van der Waals surface area contributed by atoms with Crippen LogP contribution in [0.4, 0.5) is 0 Å². The molecule has 2 aromatic rings. The van der Waals surface area contributed by atoms with Crippen LogP contribution in [-0.4, -0.2) is 53.5 Å². The van der Waals surface area contributed by atoms with Gasteiger partial charge in [-0.1, -0.05) is 60.2 Å². The van der Waals surface area contributed by atoms with Gasteiger partial charge in [-0.15, -0.1) is 0 Å². The zero-order chi connectivity index (χ0) is 23.8. The number of aryl methyl sites for hydroxylation is 1. The van der Waals surface area contributed by atoms with E-state index >= 15 is 0 Å². The number of likely N-dealkylation sites (tertiary alicyclic amines) is 1. The Kier molecular flexibility index (Phi) is 9.00. The molecule has 0 aliphatic carbocycles. The van der Waals surface area contributed by atoms with Gasteiger partial charge in [-0.3, -0.25) is 14.5 Å². The predicted octanol–water partition coefficient (Wildman–Crippen LogP) is 3.78. The van der Waals surface area contributed by atoms with Crippen LogP contribution in [0.5, 0.6) is 0 Å². The third-order valence-corrected chi connectivity index (χ3v) is 5.77. The van der Waals surface area contributed by atoms with Crippen molar-refractivity contribution in [2.75, 3.05) is 13.2 Å². The summed E-state index contributed by atoms with van der Waals surface area (Å²) < 4.78 is 17.1. The van der Waals surface area contributed by atoms with E-state index in [0.29, 0.717) is 19.7 Å². The van der Waals surface area contributed by atoms with Crippen molar-refractivity contribution in [2.45, 2.75) is 58.8 Å². The highest BCUT2D eigenvalue weighted by molar-refractivity contribution is 5.84. The van der Waals surface area contributed by atoms with E-state index in [0.717, 1.165) is 16.7 Å². The number of carboxylic acid groups (broad SMARTS) is 1. The van der Waals surface area contributed by atoms with Crippen molar-refractivity contribution in [1.29, 1.82) is 0 Å². The number of carboxylic acids is 1. The summed E-state index contributed by atoms with van der Waals surface area (Å²) in [5, 5.41) is 10.0. The molecule has 178 valence electrons. The highest BCUT2D eigenvalue weighted by atomic mass is 16.7. The molecule has 1 fully saturated rings. The van der Waals surface area contributed by atoms with E-state index < -0.39 is 30.2 Å². The van der Waals surface area contributed by atoms with E-state index in [9.17, 15) is 14.7 Å². The minimum absolute atomic E-state index is 0.0993. The van der Waals surface area contributed by atoms with Crippen LogP contribution in [0, 0.1) is 12.8 Å². The average Bonchev–Trinajstić information content (AvgIpc) is 2.78. The van der Waals surface area contributed by atoms with Crippen LogP contribution in [0.15, 0.2) is 54.6 Å². The number of ether oxygens (including phenoxy) is 3. The molecule has 1 N–H and O–H groups in total. The number of benzene rings is 2. The molecule has 0 saturated carbocycles. The van der Waals surface area contributed by atoms with Crippen molar-refractivity contribution in [3.05, 3.63) is 71.3 Å². The molecule has 4 atom stereocenters. The quantitative estimate of drug-likeness (QED) is 0.431. The third-order valence-electron chi connectivity index (χ3n) is 5.77. The fraction of sp³-hybridized carbons (Fsp3) is 0.462. The molecule has 0 spiro atoms. The third kappa shape index (κ3) is 7.12. The fourth-order valence-electron chi connectivity index (χ4n) is 4.33. The zero-order valence-corrected chi connectivity index (χ0v) is 19.5. The molecule has 2 aromatic carbocycles. The van der Waals surface area contributed by atoms with Crippen molar-refractivity contribution < 1.29 is 28.9 Å². The first kappa shape index (κ1) is 24.9. The van der Waals surface area contributed by atoms with Crippen LogP contribution >= 0.6 is 0 Å². The number of esters is 1. The highest BCUT2D eigenvalue weighted by Gasteiger charge is 2.45. The molecule has 3 rings (SSSR count). The maximum atomic E-state index is 13.2. The summed E-state index contributed by atoms with van der Waals surface area (Å²) in [4.78, 5) is 27.3. The van der Waals surface area contributed by atoms with E-state index in [-0.39, 0.29) is 19.1 Å². The van der Waals surface area contributed by atoms with E-state index in [4.69, 9.17) is 14.2 Å². The van der Waals surface area contributed by atoms with Gasteiger partial charge in [-0.25, -0.2) is 0 Å². The minimum atomic E-state index is -1.04. The first-order valence-corrected chi connectivity index (χ1v) is 11.4. The maximum absolute atomic E-state index is 13.2. The largest absolute Gasteiger partial charge is 0.481 e. The van der Waals surface area contributed by atoms with Gasteiger partial charge in [0.1, 0.15) is 12.6 Å². The summed E-state index contributed by atoms with van der Waals surface area (Å²) >= 11 is 0. The fourth-order valence-corrected chi connectivity index (χ4v) is 4.33. The van der Waals surface area contributed by atoms with Gasteiger partial charge in [0.15, 0.2) is 6.29 Å². The number of carbonyl (C=O) groups is 2. The summed E-state index contributed by atoms with van der Waals surface area (Å²) in [6.45, 7) is 7.09. The van der Waals surface area contributed by atoms with E-state index in [1.807, 2.05) is 73.3 Å². The van der Waals surface area contributed by atoms with E-state index in [2.05, 4.69) is 0 Å². The van der Waals surface area contributed by atoms with Crippen LogP contribution < -0.4 is 0 Å². The second-order valence-electron chi connectivity index (χ2n) is 8.42. The summed E-state index contributed by atoms with van der Waals surface area (Å²) in [5.74, 6) is -2.52. The molecule has 7 heteroatoms. The topological polar surface area (TPSA) is 85.3 Å². The van der Waals surface area contributed by atoms with Gasteiger partial charge in [0.05, 0.1) is 12.0 Å². The number of aliphatic carboxylic acids is 1. The lowest BCUT2D eigenvalue weighted by Crippen LogP contribution is -2.57. The molecule has 33 heavy (non-hydrogen) atoms. The maximum Gasteiger partial charge on any atom is 0.324 e. The second kappa shape index (κ2) is 11.9. The second-order valence-corrected chi connectivity index (χ2v) is 8.42. The Hall–Kier alpha value is -2.74. The number of carbonyl (C=O) groups excluding carboxylic acids is 1. The summed E-state index contributed by atoms with van der Waals surface area (Å²) in [5.41, 5.74) is 2.95. The molecular weight excluding hydrogens is 422 g/mol. The van der Waals surface area contributed by atoms with Crippen molar-refractivity contribution in [2.24, 2.45) is 5.92 Å². The van der Waals surface area contributed by atoms with Gasteiger partial charge in [-0.2, -0.15) is 0 Å². The number of piperidine rings is 1. The van der Waals surface area contributed by atoms with Gasteiger partial charge < -0.3 is 19.3 Å². The minimum Gasteiger partial charge on any atom is -0.481 e. The number of hydrogen-bond donors (Lipinski definition) is 1. The van der Waals surface area contributed by atoms with Gasteiger partial charge in [0, 0.05) is 19.7 Å². The highest BCUT2D eigenvalue weighted by Crippen LogP contribution is 2.30. The molecule has 7 nitrogen and oxygen atoms in total. The van der Waals surface area contributed by atoms with E-state index in [1.165, 1.54) is 0 Å². The molecule has 0 radical (unpaired) electrons. The first-order valence-electron chi connectivity index (χ1n) is 11.4. The first-order chi connectivity index (χ1) is 15.9. The van der Waals surface area contributed by atoms with Crippen LogP contribution in [-0.2, 0) is 37.0 Å². The lowest BCUT2D eigenvalue weighted by atomic mass is 9.87. The normalized spacial score (nSPS) is 22.0. The zero-order valence-electron chi connectivity index (χ0n) is 19.5. The van der Waals surface area contributed by atoms with Crippen molar-refractivity contribution in [1.82, 2.24) is 4.90 Å². The molecule has 1 unspecified atom stereocenters. The number of nitrogens with zero attached hydrogens (tertiary/aromatic N) is 1. The average molecular weight is 456 g/mol. The van der Waals surface area contributed by atoms with Crippen LogP contribution in [0.1, 0.15) is 37.0 Å². The van der Waals surface area contributed by atoms with Crippen LogP contribution in [0.2, 0.25) is 0 Å². The standard InChI is InChI=1S/C26H33NO6/c1-4-31-19(3)33-22-14-23(25(28)29)24(26(30)32-17-20-10-6-5-7-11-20)27(16-22)15-21-12-8-9-18(2)13-21/h5-13,19,22-24H,4,14-17H2,1-3H3,(H,28,29)/t19?,22-,23+,24+/m1/s1. The Morgan fingerprint density at radius 3 is 2.52 bits per heavy atom. The monoisotopic (exact) mass is 455 g/mol. The van der Waals surface area contributed by atoms with Crippen molar-refractivity contribution >= 4 is 11.9 Å². The lowest BCUT2D eigenvalue weighted by molar-refractivity contribution is -0.191. The number of hydrogen-bond acceptors (Lipinski definition) is 6. The van der Waals surface area contributed by atoms with Gasteiger partial charge >= 0.3 is 11.9 Å². The van der Waals surface area contributed by atoms with Crippen molar-refractivity contribution in [3.8, 4) is 0 Å². The molecule has 1 heterocycles. The lowest BCUT2D eigenvalue weighted by Gasteiger charge is -2.42. The molecule has 0 bridgehead atoms. The summed E-state index contributed by atoms with van der Waals surface area (Å²) in [7, 11) is 0. The van der Waals surface area contributed by atoms with Crippen LogP contribution in [0.3, 0.4) is 0 Å². The van der Waals surface area contributed by atoms with Gasteiger partial charge in [0.2, 0.25) is 0 Å². The predicted molar refractivity (Wildman–Crippen MR) is 123 cm³/mol. The van der Waals surface area contributed by atoms with E-state index in [1.54, 1.807) is 6.92 Å². The Morgan fingerprint density at radius 1 is 1.12 bits per heavy atom. The Balaban J connectivity index is 1.82. The SMILES string of the molecule is CCOC(C)O[C@@H]1C[C@H](C(=O)O)[C@@H](C(=O)OCc2ccccc2)N(Cc2cccc(C)c2)C1. The summed E-state index contributed by atoms with van der Waals surface area (Å²) in [6, 6.07) is 16.4. The Bertz CT molecular complexity index is 918. The molecule has 1 saturated heterocycles. The smallest absolute Gasteiger partial charge is 0.324 e. The van der Waals surface area contributed by atoms with Gasteiger partial charge in [-0.05, 0) is 38.3 Å². The van der Waals surface area contributed by atoms with Crippen LogP contribution in [0.25, 0.3) is 0 Å². The molecule has 0 amide bonds. The Labute approximate surface area is 195 Å².